The maximum Gasteiger partial charge on any atom is 0.328 e. The maximum absolute atomic E-state index is 12.5. The number of nitrogen functional groups attached to an aromatic ring is 1. The highest BCUT2D eigenvalue weighted by atomic mass is 16.5. The molecule has 0 spiro atoms. The number of anilines is 1. The number of benzene rings is 2. The zero-order chi connectivity index (χ0) is 26.0. The Labute approximate surface area is 206 Å². The fourth-order valence-electron chi connectivity index (χ4n) is 3.36. The van der Waals surface area contributed by atoms with Gasteiger partial charge in [0, 0.05) is 25.2 Å². The van der Waals surface area contributed by atoms with Crippen molar-refractivity contribution in [1.82, 2.24) is 14.9 Å². The van der Waals surface area contributed by atoms with E-state index < -0.39 is 5.91 Å². The maximum atomic E-state index is 12.5. The fraction of sp³-hybridized carbons (Fsp3) is 0.208. The Balaban J connectivity index is 1.76. The van der Waals surface area contributed by atoms with Crippen LogP contribution in [0, 0.1) is 12.3 Å². The van der Waals surface area contributed by atoms with Gasteiger partial charge < -0.3 is 34.9 Å². The van der Waals surface area contributed by atoms with Crippen LogP contribution in [-0.2, 0) is 4.79 Å². The van der Waals surface area contributed by atoms with Crippen molar-refractivity contribution in [3.8, 4) is 35.0 Å². The van der Waals surface area contributed by atoms with E-state index in [2.05, 4.69) is 15.3 Å². The Kier molecular flexibility index (Phi) is 6.59. The molecule has 36 heavy (non-hydrogen) atoms. The lowest BCUT2D eigenvalue weighted by Crippen LogP contribution is -2.26. The molecule has 3 aromatic rings. The quantitative estimate of drug-likeness (QED) is 0.332. The van der Waals surface area contributed by atoms with E-state index in [4.69, 9.17) is 30.1 Å². The first-order valence-corrected chi connectivity index (χ1v) is 10.7. The molecular formula is C24H24N6O6. The molecular weight excluding hydrogens is 468 g/mol. The molecule has 2 heterocycles. The van der Waals surface area contributed by atoms with E-state index in [0.717, 1.165) is 5.56 Å². The van der Waals surface area contributed by atoms with E-state index in [1.165, 1.54) is 18.1 Å². The Morgan fingerprint density at radius 3 is 2.58 bits per heavy atom. The Hall–Kier alpha value is -4.87. The highest BCUT2D eigenvalue weighted by Gasteiger charge is 2.26. The summed E-state index contributed by atoms with van der Waals surface area (Å²) in [7, 11) is 4.76. The fourth-order valence-corrected chi connectivity index (χ4v) is 3.36. The SMILES string of the molecule is COc1ccc(C(=N)N)cc1Oc1nc2c(c(Oc3cc(C)cc(C(=O)N(C)C)c3)n1)NC(=O)CO2. The molecule has 1 aliphatic heterocycles. The summed E-state index contributed by atoms with van der Waals surface area (Å²) in [6.45, 7) is 1.57. The molecule has 12 heteroatoms. The van der Waals surface area contributed by atoms with Crippen LogP contribution in [0.2, 0.25) is 0 Å². The number of nitrogens with two attached hydrogens (primary N) is 1. The minimum atomic E-state index is -0.409. The number of ether oxygens (including phenoxy) is 4. The minimum Gasteiger partial charge on any atom is -0.493 e. The van der Waals surface area contributed by atoms with E-state index in [0.29, 0.717) is 22.6 Å². The molecule has 0 bridgehead atoms. The average molecular weight is 492 g/mol. The number of nitrogens with one attached hydrogen (secondary N) is 2. The molecule has 0 atom stereocenters. The van der Waals surface area contributed by atoms with Crippen LogP contribution in [0.25, 0.3) is 0 Å². The smallest absolute Gasteiger partial charge is 0.328 e. The topological polar surface area (TPSA) is 162 Å². The number of carbonyl (C=O) groups is 2. The number of methoxy groups -OCH3 is 1. The predicted octanol–water partition coefficient (Wildman–Crippen LogP) is 2.69. The van der Waals surface area contributed by atoms with Crippen molar-refractivity contribution >= 4 is 23.3 Å². The highest BCUT2D eigenvalue weighted by Crippen LogP contribution is 2.40. The lowest BCUT2D eigenvalue weighted by Gasteiger charge is -2.20. The van der Waals surface area contributed by atoms with Crippen LogP contribution in [0.1, 0.15) is 21.5 Å². The minimum absolute atomic E-state index is 0.0357. The summed E-state index contributed by atoms with van der Waals surface area (Å²) < 4.78 is 22.6. The molecule has 0 radical (unpaired) electrons. The van der Waals surface area contributed by atoms with Crippen LogP contribution in [0.3, 0.4) is 0 Å². The van der Waals surface area contributed by atoms with Crippen LogP contribution in [0.5, 0.6) is 35.0 Å². The molecule has 2 aromatic carbocycles. The molecule has 0 aliphatic carbocycles. The van der Waals surface area contributed by atoms with E-state index in [9.17, 15) is 9.59 Å². The van der Waals surface area contributed by atoms with Crippen molar-refractivity contribution in [2.24, 2.45) is 5.73 Å². The summed E-state index contributed by atoms with van der Waals surface area (Å²) in [6, 6.07) is 9.55. The van der Waals surface area contributed by atoms with Gasteiger partial charge in [-0.2, -0.15) is 9.97 Å². The van der Waals surface area contributed by atoms with Crippen molar-refractivity contribution < 1.29 is 28.5 Å². The van der Waals surface area contributed by atoms with Gasteiger partial charge in [-0.25, -0.2) is 0 Å². The molecule has 12 nitrogen and oxygen atoms in total. The first-order chi connectivity index (χ1) is 17.1. The van der Waals surface area contributed by atoms with Gasteiger partial charge in [0.1, 0.15) is 11.6 Å². The molecule has 186 valence electrons. The monoisotopic (exact) mass is 492 g/mol. The van der Waals surface area contributed by atoms with Gasteiger partial charge in [0.25, 0.3) is 17.7 Å². The van der Waals surface area contributed by atoms with Gasteiger partial charge >= 0.3 is 6.01 Å². The van der Waals surface area contributed by atoms with Gasteiger partial charge in [-0.1, -0.05) is 0 Å². The van der Waals surface area contributed by atoms with Crippen molar-refractivity contribution in [3.63, 3.8) is 0 Å². The van der Waals surface area contributed by atoms with E-state index in [1.807, 2.05) is 6.92 Å². The Morgan fingerprint density at radius 2 is 1.89 bits per heavy atom. The molecule has 0 fully saturated rings. The van der Waals surface area contributed by atoms with Crippen LogP contribution < -0.4 is 30.0 Å². The third kappa shape index (κ3) is 5.12. The standard InChI is InChI=1S/C24H24N6O6/c1-12-7-14(23(32)30(2)3)9-15(8-12)35-22-19-21(34-11-18(31)27-19)28-24(29-22)36-17-10-13(20(25)26)5-6-16(17)33-4/h5-10H,11H2,1-4H3,(H3,25,26)(H,27,31). The van der Waals surface area contributed by atoms with Crippen molar-refractivity contribution in [3.05, 3.63) is 53.1 Å². The van der Waals surface area contributed by atoms with E-state index in [-0.39, 0.29) is 47.6 Å². The summed E-state index contributed by atoms with van der Waals surface area (Å²) in [4.78, 5) is 34.5. The summed E-state index contributed by atoms with van der Waals surface area (Å²) in [6.07, 6.45) is 0. The highest BCUT2D eigenvalue weighted by molar-refractivity contribution is 5.97. The number of hydrogen-bond donors (Lipinski definition) is 3. The zero-order valence-corrected chi connectivity index (χ0v) is 20.0. The first kappa shape index (κ1) is 24.3. The van der Waals surface area contributed by atoms with Gasteiger partial charge in [-0.05, 0) is 48.9 Å². The normalized spacial score (nSPS) is 12.1. The number of fused-ring (bicyclic) bond motifs is 1. The number of hydrogen-bond acceptors (Lipinski definition) is 9. The average Bonchev–Trinajstić information content (AvgIpc) is 2.83. The molecule has 4 rings (SSSR count). The number of aromatic nitrogens is 2. The van der Waals surface area contributed by atoms with Gasteiger partial charge in [0.05, 0.1) is 7.11 Å². The molecule has 1 aliphatic rings. The van der Waals surface area contributed by atoms with Gasteiger partial charge in [0.15, 0.2) is 23.8 Å². The molecule has 2 amide bonds. The molecule has 4 N–H and O–H groups in total. The predicted molar refractivity (Wildman–Crippen MR) is 130 cm³/mol. The lowest BCUT2D eigenvalue weighted by atomic mass is 10.1. The van der Waals surface area contributed by atoms with Crippen LogP contribution in [0.4, 0.5) is 5.69 Å². The zero-order valence-electron chi connectivity index (χ0n) is 20.0. The van der Waals surface area contributed by atoms with Gasteiger partial charge in [0.2, 0.25) is 5.88 Å². The van der Waals surface area contributed by atoms with E-state index in [1.54, 1.807) is 44.4 Å². The lowest BCUT2D eigenvalue weighted by molar-refractivity contribution is -0.118. The molecule has 0 saturated heterocycles. The van der Waals surface area contributed by atoms with Crippen LogP contribution in [0.15, 0.2) is 36.4 Å². The largest absolute Gasteiger partial charge is 0.493 e. The van der Waals surface area contributed by atoms with Gasteiger partial charge in [-0.15, -0.1) is 0 Å². The van der Waals surface area contributed by atoms with Crippen molar-refractivity contribution in [2.45, 2.75) is 6.92 Å². The number of amidine groups is 1. The summed E-state index contributed by atoms with van der Waals surface area (Å²) in [5.41, 5.74) is 7.31. The van der Waals surface area contributed by atoms with Crippen LogP contribution in [-0.4, -0.2) is 60.3 Å². The molecule has 1 aromatic heterocycles. The van der Waals surface area contributed by atoms with Crippen molar-refractivity contribution in [2.75, 3.05) is 33.1 Å². The molecule has 0 unspecified atom stereocenters. The van der Waals surface area contributed by atoms with Crippen LogP contribution >= 0.6 is 0 Å². The number of amides is 2. The number of aryl methyl sites for hydroxylation is 1. The summed E-state index contributed by atoms with van der Waals surface area (Å²) in [5.74, 6) is 0.0649. The Bertz CT molecular complexity index is 1370. The summed E-state index contributed by atoms with van der Waals surface area (Å²) >= 11 is 0. The third-order valence-corrected chi connectivity index (χ3v) is 5.02. The number of carbonyl (C=O) groups excluding carboxylic acids is 2. The second kappa shape index (κ2) is 9.78. The summed E-state index contributed by atoms with van der Waals surface area (Å²) in [5, 5.41) is 10.3. The Morgan fingerprint density at radius 1 is 1.11 bits per heavy atom. The van der Waals surface area contributed by atoms with E-state index >= 15 is 0 Å². The molecule has 0 saturated carbocycles. The second-order valence-electron chi connectivity index (χ2n) is 8.05. The number of nitrogens with zero attached hydrogens (tertiary/aromatic N) is 3. The number of rotatable bonds is 7. The van der Waals surface area contributed by atoms with Gasteiger partial charge in [-0.3, -0.25) is 15.0 Å². The first-order valence-electron chi connectivity index (χ1n) is 10.7. The third-order valence-electron chi connectivity index (χ3n) is 5.02. The van der Waals surface area contributed by atoms with Crippen molar-refractivity contribution in [1.29, 1.82) is 5.41 Å². The second-order valence-corrected chi connectivity index (χ2v) is 8.05.